The molecule has 0 radical (unpaired) electrons. The molecule has 1 saturated heterocycles. The average molecular weight is 354 g/mol. The lowest BCUT2D eigenvalue weighted by atomic mass is 10.1. The topological polar surface area (TPSA) is 84.5 Å². The van der Waals surface area contributed by atoms with Crippen LogP contribution < -0.4 is 10.6 Å². The lowest BCUT2D eigenvalue weighted by molar-refractivity contribution is 0.0636. The predicted octanol–water partition coefficient (Wildman–Crippen LogP) is 2.70. The second-order valence-electron chi connectivity index (χ2n) is 7.16. The van der Waals surface area contributed by atoms with Gasteiger partial charge in [0.05, 0.1) is 11.5 Å². The number of nitrogens with one attached hydrogen (secondary N) is 2. The van der Waals surface area contributed by atoms with E-state index in [0.717, 1.165) is 18.4 Å². The number of rotatable bonds is 4. The van der Waals surface area contributed by atoms with Crippen molar-refractivity contribution in [3.63, 3.8) is 0 Å². The molecule has 1 heterocycles. The quantitative estimate of drug-likeness (QED) is 0.868. The van der Waals surface area contributed by atoms with Crippen LogP contribution in [0.5, 0.6) is 0 Å². The van der Waals surface area contributed by atoms with Gasteiger partial charge in [-0.15, -0.1) is 0 Å². The molecular weight excluding hydrogens is 328 g/mol. The number of amides is 1. The summed E-state index contributed by atoms with van der Waals surface area (Å²) in [5, 5.41) is 5.97. The van der Waals surface area contributed by atoms with Crippen molar-refractivity contribution in [1.29, 1.82) is 0 Å². The molecule has 0 spiro atoms. The Morgan fingerprint density at radius 3 is 2.50 bits per heavy atom. The van der Waals surface area contributed by atoms with Crippen molar-refractivity contribution in [1.82, 2.24) is 5.32 Å². The molecule has 0 aliphatic carbocycles. The van der Waals surface area contributed by atoms with Crippen LogP contribution in [0.15, 0.2) is 24.3 Å². The Labute approximate surface area is 143 Å². The van der Waals surface area contributed by atoms with Gasteiger partial charge < -0.3 is 10.1 Å². The van der Waals surface area contributed by atoms with E-state index < -0.39 is 21.5 Å². The number of carbonyl (C=O) groups excluding carboxylic acids is 1. The van der Waals surface area contributed by atoms with Gasteiger partial charge in [0.1, 0.15) is 5.60 Å². The van der Waals surface area contributed by atoms with Crippen molar-refractivity contribution in [2.45, 2.75) is 51.8 Å². The van der Waals surface area contributed by atoms with Crippen molar-refractivity contribution in [2.75, 3.05) is 16.8 Å². The average Bonchev–Trinajstić information content (AvgIpc) is 2.43. The number of anilines is 1. The van der Waals surface area contributed by atoms with Crippen LogP contribution >= 0.6 is 0 Å². The van der Waals surface area contributed by atoms with Gasteiger partial charge in [0.25, 0.3) is 0 Å². The minimum absolute atomic E-state index is 0.0170. The fraction of sp³-hybridized carbons (Fsp3) is 0.588. The summed E-state index contributed by atoms with van der Waals surface area (Å²) in [6.45, 7) is 6.04. The SMILES string of the molecule is CC(C)(C)OC(=O)Nc1ccc(CNC2CCCS(=O)(=O)C2)cc1. The van der Waals surface area contributed by atoms with Gasteiger partial charge in [-0.1, -0.05) is 12.1 Å². The molecule has 2 rings (SSSR count). The minimum atomic E-state index is -2.90. The maximum absolute atomic E-state index is 11.7. The number of carbonyl (C=O) groups is 1. The maximum atomic E-state index is 11.7. The van der Waals surface area contributed by atoms with Crippen LogP contribution in [0.25, 0.3) is 0 Å². The highest BCUT2D eigenvalue weighted by Gasteiger charge is 2.24. The second-order valence-corrected chi connectivity index (χ2v) is 9.39. The summed E-state index contributed by atoms with van der Waals surface area (Å²) in [5.41, 5.74) is 1.16. The third kappa shape index (κ3) is 6.49. The van der Waals surface area contributed by atoms with Gasteiger partial charge in [0, 0.05) is 18.3 Å². The molecule has 1 unspecified atom stereocenters. The summed E-state index contributed by atoms with van der Waals surface area (Å²) in [6.07, 6.45) is 1.12. The first-order chi connectivity index (χ1) is 11.1. The lowest BCUT2D eigenvalue weighted by Gasteiger charge is -2.23. The van der Waals surface area contributed by atoms with Crippen molar-refractivity contribution in [2.24, 2.45) is 0 Å². The number of hydrogen-bond acceptors (Lipinski definition) is 5. The minimum Gasteiger partial charge on any atom is -0.444 e. The molecule has 1 amide bonds. The molecule has 1 aliphatic heterocycles. The zero-order chi connectivity index (χ0) is 17.8. The Bertz CT molecular complexity index is 663. The molecule has 0 aromatic heterocycles. The molecule has 1 aromatic carbocycles. The van der Waals surface area contributed by atoms with Gasteiger partial charge in [0.15, 0.2) is 9.84 Å². The number of hydrogen-bond donors (Lipinski definition) is 2. The molecular formula is C17H26N2O4S. The number of benzene rings is 1. The Hall–Kier alpha value is -1.60. The smallest absolute Gasteiger partial charge is 0.412 e. The van der Waals surface area contributed by atoms with E-state index in [1.54, 1.807) is 12.1 Å². The fourth-order valence-electron chi connectivity index (χ4n) is 2.57. The first-order valence-corrected chi connectivity index (χ1v) is 9.98. The Morgan fingerprint density at radius 2 is 1.92 bits per heavy atom. The zero-order valence-corrected chi connectivity index (χ0v) is 15.3. The van der Waals surface area contributed by atoms with Crippen molar-refractivity contribution in [3.8, 4) is 0 Å². The van der Waals surface area contributed by atoms with Crippen LogP contribution in [0.4, 0.5) is 10.5 Å². The highest BCUT2D eigenvalue weighted by molar-refractivity contribution is 7.91. The Balaban J connectivity index is 1.83. The third-order valence-electron chi connectivity index (χ3n) is 3.66. The van der Waals surface area contributed by atoms with Gasteiger partial charge >= 0.3 is 6.09 Å². The Morgan fingerprint density at radius 1 is 1.25 bits per heavy atom. The highest BCUT2D eigenvalue weighted by atomic mass is 32.2. The van der Waals surface area contributed by atoms with E-state index >= 15 is 0 Å². The van der Waals surface area contributed by atoms with Crippen LogP contribution in [0.2, 0.25) is 0 Å². The van der Waals surface area contributed by atoms with Gasteiger partial charge in [0.2, 0.25) is 0 Å². The molecule has 2 N–H and O–H groups in total. The number of ether oxygens (including phenoxy) is 1. The van der Waals surface area contributed by atoms with Crippen molar-refractivity contribution >= 4 is 21.6 Å². The van der Waals surface area contributed by atoms with Crippen LogP contribution in [0.1, 0.15) is 39.2 Å². The van der Waals surface area contributed by atoms with Crippen molar-refractivity contribution in [3.05, 3.63) is 29.8 Å². The van der Waals surface area contributed by atoms with Crippen LogP contribution in [-0.2, 0) is 21.1 Å². The third-order valence-corrected chi connectivity index (χ3v) is 5.48. The molecule has 0 saturated carbocycles. The molecule has 0 bridgehead atoms. The standard InChI is InChI=1S/C17H26N2O4S/c1-17(2,3)23-16(20)19-14-8-6-13(7-9-14)11-18-15-5-4-10-24(21,22)12-15/h6-9,15,18H,4-5,10-12H2,1-3H3,(H,19,20). The van der Waals surface area contributed by atoms with Gasteiger partial charge in [-0.3, -0.25) is 5.32 Å². The molecule has 6 nitrogen and oxygen atoms in total. The van der Waals surface area contributed by atoms with E-state index in [9.17, 15) is 13.2 Å². The van der Waals surface area contributed by atoms with E-state index in [0.29, 0.717) is 18.0 Å². The summed E-state index contributed by atoms with van der Waals surface area (Å²) >= 11 is 0. The maximum Gasteiger partial charge on any atom is 0.412 e. The van der Waals surface area contributed by atoms with E-state index in [1.165, 1.54) is 0 Å². The monoisotopic (exact) mass is 354 g/mol. The summed E-state index contributed by atoms with van der Waals surface area (Å²) in [7, 11) is -2.90. The van der Waals surface area contributed by atoms with Gasteiger partial charge in [-0.25, -0.2) is 13.2 Å². The van der Waals surface area contributed by atoms with Crippen LogP contribution in [-0.4, -0.2) is 37.7 Å². The fourth-order valence-corrected chi connectivity index (χ4v) is 4.24. The highest BCUT2D eigenvalue weighted by Crippen LogP contribution is 2.15. The second kappa shape index (κ2) is 7.53. The van der Waals surface area contributed by atoms with Crippen molar-refractivity contribution < 1.29 is 17.9 Å². The van der Waals surface area contributed by atoms with Gasteiger partial charge in [-0.2, -0.15) is 0 Å². The molecule has 134 valence electrons. The van der Waals surface area contributed by atoms with E-state index in [-0.39, 0.29) is 11.8 Å². The zero-order valence-electron chi connectivity index (χ0n) is 14.5. The van der Waals surface area contributed by atoms with Gasteiger partial charge in [-0.05, 0) is 51.3 Å². The molecule has 7 heteroatoms. The van der Waals surface area contributed by atoms with E-state index in [2.05, 4.69) is 10.6 Å². The molecule has 1 aliphatic rings. The first-order valence-electron chi connectivity index (χ1n) is 8.16. The molecule has 1 fully saturated rings. The molecule has 1 atom stereocenters. The Kier molecular flexibility index (Phi) is 5.87. The summed E-state index contributed by atoms with van der Waals surface area (Å²) < 4.78 is 28.5. The first kappa shape index (κ1) is 18.7. The summed E-state index contributed by atoms with van der Waals surface area (Å²) in [4.78, 5) is 11.7. The number of sulfone groups is 1. The normalized spacial score (nSPS) is 20.4. The lowest BCUT2D eigenvalue weighted by Crippen LogP contribution is -2.39. The largest absolute Gasteiger partial charge is 0.444 e. The summed E-state index contributed by atoms with van der Waals surface area (Å²) in [5.74, 6) is 0.515. The summed E-state index contributed by atoms with van der Waals surface area (Å²) in [6, 6.07) is 7.42. The van der Waals surface area contributed by atoms with Crippen LogP contribution in [0, 0.1) is 0 Å². The predicted molar refractivity (Wildman–Crippen MR) is 94.8 cm³/mol. The molecule has 1 aromatic rings. The van der Waals surface area contributed by atoms with Crippen LogP contribution in [0.3, 0.4) is 0 Å². The molecule has 24 heavy (non-hydrogen) atoms. The van der Waals surface area contributed by atoms with E-state index in [1.807, 2.05) is 32.9 Å². The van der Waals surface area contributed by atoms with E-state index in [4.69, 9.17) is 4.74 Å².